The van der Waals surface area contributed by atoms with Crippen molar-refractivity contribution in [3.63, 3.8) is 0 Å². The molecule has 0 aliphatic carbocycles. The molecule has 76 valence electrons. The van der Waals surface area contributed by atoms with Crippen LogP contribution in [0.3, 0.4) is 0 Å². The lowest BCUT2D eigenvalue weighted by Gasteiger charge is -2.06. The van der Waals surface area contributed by atoms with Gasteiger partial charge in [0.2, 0.25) is 0 Å². The highest BCUT2D eigenvalue weighted by atomic mass is 79.9. The zero-order valence-corrected chi connectivity index (χ0v) is 9.60. The summed E-state index contributed by atoms with van der Waals surface area (Å²) in [5.41, 5.74) is 1.06. The first kappa shape index (κ1) is 11.2. The van der Waals surface area contributed by atoms with Crippen molar-refractivity contribution in [2.24, 2.45) is 0 Å². The van der Waals surface area contributed by atoms with Crippen molar-refractivity contribution in [2.45, 2.75) is 13.3 Å². The smallest absolute Gasteiger partial charge is 0.128 e. The summed E-state index contributed by atoms with van der Waals surface area (Å²) in [6, 6.07) is 4.50. The minimum Gasteiger partial charge on any atom is -0.493 e. The summed E-state index contributed by atoms with van der Waals surface area (Å²) < 4.78 is 18.9. The zero-order valence-electron chi connectivity index (χ0n) is 8.02. The van der Waals surface area contributed by atoms with Crippen molar-refractivity contribution in [3.05, 3.63) is 40.6 Å². The summed E-state index contributed by atoms with van der Waals surface area (Å²) in [7, 11) is 0. The SMILES string of the molecule is C=C(C)CCOc1cc(F)cc(Br)c1. The lowest BCUT2D eigenvalue weighted by Crippen LogP contribution is -1.97. The van der Waals surface area contributed by atoms with Crippen LogP contribution >= 0.6 is 15.9 Å². The van der Waals surface area contributed by atoms with Gasteiger partial charge in [-0.2, -0.15) is 0 Å². The van der Waals surface area contributed by atoms with Gasteiger partial charge in [0.05, 0.1) is 6.61 Å². The molecule has 0 saturated heterocycles. The zero-order chi connectivity index (χ0) is 10.6. The molecule has 0 aliphatic heterocycles. The quantitative estimate of drug-likeness (QED) is 0.744. The van der Waals surface area contributed by atoms with E-state index < -0.39 is 0 Å². The van der Waals surface area contributed by atoms with Crippen LogP contribution in [-0.2, 0) is 0 Å². The van der Waals surface area contributed by atoms with Crippen molar-refractivity contribution in [1.29, 1.82) is 0 Å². The van der Waals surface area contributed by atoms with Gasteiger partial charge >= 0.3 is 0 Å². The Morgan fingerprint density at radius 3 is 2.79 bits per heavy atom. The molecule has 1 aromatic rings. The summed E-state index contributed by atoms with van der Waals surface area (Å²) in [6.07, 6.45) is 0.786. The van der Waals surface area contributed by atoms with Crippen LogP contribution in [0.1, 0.15) is 13.3 Å². The van der Waals surface area contributed by atoms with E-state index in [0.717, 1.165) is 12.0 Å². The molecule has 0 bridgehead atoms. The van der Waals surface area contributed by atoms with Gasteiger partial charge in [-0.05, 0) is 19.1 Å². The molecular formula is C11H12BrFO. The second kappa shape index (κ2) is 5.15. The lowest BCUT2D eigenvalue weighted by atomic mass is 10.2. The molecule has 1 rings (SSSR count). The second-order valence-electron chi connectivity index (χ2n) is 3.16. The predicted octanol–water partition coefficient (Wildman–Crippen LogP) is 3.93. The molecule has 0 saturated carbocycles. The Morgan fingerprint density at radius 2 is 2.21 bits per heavy atom. The van der Waals surface area contributed by atoms with E-state index in [4.69, 9.17) is 4.74 Å². The van der Waals surface area contributed by atoms with Crippen LogP contribution in [-0.4, -0.2) is 6.61 Å². The molecule has 1 nitrogen and oxygen atoms in total. The van der Waals surface area contributed by atoms with E-state index in [2.05, 4.69) is 22.5 Å². The Labute approximate surface area is 91.7 Å². The molecule has 0 radical (unpaired) electrons. The van der Waals surface area contributed by atoms with Crippen molar-refractivity contribution >= 4 is 15.9 Å². The van der Waals surface area contributed by atoms with Gasteiger partial charge in [0.15, 0.2) is 0 Å². The van der Waals surface area contributed by atoms with Gasteiger partial charge in [-0.3, -0.25) is 0 Å². The highest BCUT2D eigenvalue weighted by Crippen LogP contribution is 2.20. The summed E-state index contributed by atoms with van der Waals surface area (Å²) in [5.74, 6) is 0.239. The fourth-order valence-corrected chi connectivity index (χ4v) is 1.40. The standard InChI is InChI=1S/C11H12BrFO/c1-8(2)3-4-14-11-6-9(12)5-10(13)7-11/h5-7H,1,3-4H2,2H3. The van der Waals surface area contributed by atoms with E-state index in [1.807, 2.05) is 6.92 Å². The minimum atomic E-state index is -0.301. The van der Waals surface area contributed by atoms with E-state index in [1.54, 1.807) is 6.07 Å². The van der Waals surface area contributed by atoms with Gasteiger partial charge in [0.1, 0.15) is 11.6 Å². The Balaban J connectivity index is 2.54. The lowest BCUT2D eigenvalue weighted by molar-refractivity contribution is 0.320. The van der Waals surface area contributed by atoms with Crippen LogP contribution in [0.2, 0.25) is 0 Å². The van der Waals surface area contributed by atoms with E-state index >= 15 is 0 Å². The first-order valence-electron chi connectivity index (χ1n) is 4.31. The molecule has 0 heterocycles. The third-order valence-electron chi connectivity index (χ3n) is 1.63. The maximum atomic E-state index is 12.9. The molecule has 0 spiro atoms. The van der Waals surface area contributed by atoms with E-state index in [1.165, 1.54) is 12.1 Å². The van der Waals surface area contributed by atoms with E-state index in [-0.39, 0.29) is 5.82 Å². The summed E-state index contributed by atoms with van der Waals surface area (Å²) in [4.78, 5) is 0. The monoisotopic (exact) mass is 258 g/mol. The van der Waals surface area contributed by atoms with Gasteiger partial charge in [0, 0.05) is 17.0 Å². The summed E-state index contributed by atoms with van der Waals surface area (Å²) in [5, 5.41) is 0. The van der Waals surface area contributed by atoms with Gasteiger partial charge in [-0.25, -0.2) is 4.39 Å². The molecule has 3 heteroatoms. The highest BCUT2D eigenvalue weighted by Gasteiger charge is 1.99. The fraction of sp³-hybridized carbons (Fsp3) is 0.273. The maximum Gasteiger partial charge on any atom is 0.128 e. The Hall–Kier alpha value is -0.830. The van der Waals surface area contributed by atoms with Gasteiger partial charge in [0.25, 0.3) is 0 Å². The topological polar surface area (TPSA) is 9.23 Å². The van der Waals surface area contributed by atoms with Crippen LogP contribution in [0.4, 0.5) is 4.39 Å². The molecule has 0 N–H and O–H groups in total. The van der Waals surface area contributed by atoms with Crippen molar-refractivity contribution < 1.29 is 9.13 Å². The average Bonchev–Trinajstić information content (AvgIpc) is 2.01. The van der Waals surface area contributed by atoms with Crippen molar-refractivity contribution in [1.82, 2.24) is 0 Å². The second-order valence-corrected chi connectivity index (χ2v) is 4.08. The average molecular weight is 259 g/mol. The largest absolute Gasteiger partial charge is 0.493 e. The Bertz CT molecular complexity index is 316. The first-order chi connectivity index (χ1) is 6.58. The van der Waals surface area contributed by atoms with Crippen LogP contribution in [0, 0.1) is 5.82 Å². The fourth-order valence-electron chi connectivity index (χ4n) is 0.955. The molecule has 0 aliphatic rings. The van der Waals surface area contributed by atoms with E-state index in [9.17, 15) is 4.39 Å². The van der Waals surface area contributed by atoms with Crippen LogP contribution in [0.5, 0.6) is 5.75 Å². The number of rotatable bonds is 4. The molecule has 1 aromatic carbocycles. The van der Waals surface area contributed by atoms with Gasteiger partial charge in [-0.15, -0.1) is 6.58 Å². The molecule has 14 heavy (non-hydrogen) atoms. The maximum absolute atomic E-state index is 12.9. The number of halogens is 2. The molecule has 0 fully saturated rings. The summed E-state index contributed by atoms with van der Waals surface area (Å²) in [6.45, 7) is 6.23. The van der Waals surface area contributed by atoms with E-state index in [0.29, 0.717) is 16.8 Å². The summed E-state index contributed by atoms with van der Waals surface area (Å²) >= 11 is 3.20. The van der Waals surface area contributed by atoms with Crippen LogP contribution in [0.25, 0.3) is 0 Å². The highest BCUT2D eigenvalue weighted by molar-refractivity contribution is 9.10. The first-order valence-corrected chi connectivity index (χ1v) is 5.10. The molecule has 0 atom stereocenters. The Morgan fingerprint density at radius 1 is 1.50 bits per heavy atom. The molecule has 0 aromatic heterocycles. The third kappa shape index (κ3) is 3.92. The number of hydrogen-bond donors (Lipinski definition) is 0. The number of ether oxygens (including phenoxy) is 1. The van der Waals surface area contributed by atoms with Gasteiger partial charge < -0.3 is 4.74 Å². The van der Waals surface area contributed by atoms with Crippen molar-refractivity contribution in [2.75, 3.05) is 6.61 Å². The Kier molecular flexibility index (Phi) is 4.14. The van der Waals surface area contributed by atoms with Crippen molar-refractivity contribution in [3.8, 4) is 5.75 Å². The molecule has 0 unspecified atom stereocenters. The molecule has 0 amide bonds. The normalized spacial score (nSPS) is 9.93. The van der Waals surface area contributed by atoms with Crippen LogP contribution in [0.15, 0.2) is 34.8 Å². The third-order valence-corrected chi connectivity index (χ3v) is 2.09. The molecular weight excluding hydrogens is 247 g/mol. The number of hydrogen-bond acceptors (Lipinski definition) is 1. The van der Waals surface area contributed by atoms with Gasteiger partial charge in [-0.1, -0.05) is 21.5 Å². The predicted molar refractivity (Wildman–Crippen MR) is 59.0 cm³/mol. The number of benzene rings is 1. The minimum absolute atomic E-state index is 0.301. The van der Waals surface area contributed by atoms with Crippen LogP contribution < -0.4 is 4.74 Å².